The molecule has 0 atom stereocenters. The van der Waals surface area contributed by atoms with Crippen LogP contribution in [0.25, 0.3) is 22.0 Å². The quantitative estimate of drug-likeness (QED) is 0.245. The van der Waals surface area contributed by atoms with E-state index < -0.39 is 0 Å². The van der Waals surface area contributed by atoms with Crippen LogP contribution in [-0.4, -0.2) is 4.57 Å². The normalized spacial score (nSPS) is 11.3. The molecule has 0 spiro atoms. The molecular weight excluding hydrogens is 466 g/mol. The second-order valence-corrected chi connectivity index (χ2v) is 9.19. The van der Waals surface area contributed by atoms with Crippen LogP contribution in [0.5, 0.6) is 0 Å². The molecular formula is C29H23Cl2FN2. The first-order valence-electron chi connectivity index (χ1n) is 11.1. The van der Waals surface area contributed by atoms with Crippen LogP contribution in [0.2, 0.25) is 10.0 Å². The summed E-state index contributed by atoms with van der Waals surface area (Å²) in [5, 5.41) is 5.99. The third-order valence-electron chi connectivity index (χ3n) is 5.98. The van der Waals surface area contributed by atoms with Crippen LogP contribution in [0.15, 0.2) is 97.2 Å². The fourth-order valence-corrected chi connectivity index (χ4v) is 4.72. The molecule has 5 rings (SSSR count). The van der Waals surface area contributed by atoms with Gasteiger partial charge in [-0.05, 0) is 64.2 Å². The van der Waals surface area contributed by atoms with Crippen LogP contribution in [0.3, 0.4) is 0 Å². The van der Waals surface area contributed by atoms with E-state index >= 15 is 0 Å². The Morgan fingerprint density at radius 2 is 1.47 bits per heavy atom. The van der Waals surface area contributed by atoms with Gasteiger partial charge in [-0.25, -0.2) is 4.39 Å². The zero-order valence-corrected chi connectivity index (χ0v) is 20.0. The fraction of sp³-hybridized carbons (Fsp3) is 0.103. The summed E-state index contributed by atoms with van der Waals surface area (Å²) in [4.78, 5) is 0. The Kier molecular flexibility index (Phi) is 6.68. The van der Waals surface area contributed by atoms with E-state index in [1.54, 1.807) is 6.07 Å². The molecule has 0 radical (unpaired) electrons. The van der Waals surface area contributed by atoms with Crippen molar-refractivity contribution in [3.63, 3.8) is 0 Å². The number of benzene rings is 4. The van der Waals surface area contributed by atoms with Crippen molar-refractivity contribution in [2.45, 2.75) is 19.6 Å². The highest BCUT2D eigenvalue weighted by Gasteiger charge is 2.11. The molecule has 5 heteroatoms. The molecule has 0 aliphatic rings. The SMILES string of the molecule is Fc1ccc(-c2ccc3c(c2)c(CNCc2ccc(Cl)cc2Cl)cn3Cc2ccccc2)cc1. The zero-order chi connectivity index (χ0) is 23.5. The molecule has 0 amide bonds. The maximum absolute atomic E-state index is 13.4. The lowest BCUT2D eigenvalue weighted by molar-refractivity contribution is 0.628. The molecule has 0 unspecified atom stereocenters. The highest BCUT2D eigenvalue weighted by atomic mass is 35.5. The van der Waals surface area contributed by atoms with Crippen molar-refractivity contribution in [2.75, 3.05) is 0 Å². The Morgan fingerprint density at radius 3 is 2.24 bits per heavy atom. The van der Waals surface area contributed by atoms with Crippen molar-refractivity contribution in [1.82, 2.24) is 9.88 Å². The first-order valence-corrected chi connectivity index (χ1v) is 11.9. The average Bonchev–Trinajstić information content (AvgIpc) is 3.18. The molecule has 1 N–H and O–H groups in total. The molecule has 0 fully saturated rings. The van der Waals surface area contributed by atoms with Crippen LogP contribution >= 0.6 is 23.2 Å². The fourth-order valence-electron chi connectivity index (χ4n) is 4.24. The second kappa shape index (κ2) is 10.0. The van der Waals surface area contributed by atoms with Crippen molar-refractivity contribution in [1.29, 1.82) is 0 Å². The van der Waals surface area contributed by atoms with Crippen molar-refractivity contribution in [3.05, 3.63) is 130 Å². The lowest BCUT2D eigenvalue weighted by Crippen LogP contribution is -2.12. The molecule has 0 saturated heterocycles. The minimum atomic E-state index is -0.232. The van der Waals surface area contributed by atoms with Crippen LogP contribution in [0.1, 0.15) is 16.7 Å². The zero-order valence-electron chi connectivity index (χ0n) is 18.4. The Bertz CT molecular complexity index is 1430. The van der Waals surface area contributed by atoms with Gasteiger partial charge in [-0.2, -0.15) is 0 Å². The van der Waals surface area contributed by atoms with Crippen molar-refractivity contribution in [2.24, 2.45) is 0 Å². The summed E-state index contributed by atoms with van der Waals surface area (Å²) in [6, 6.07) is 29.1. The number of nitrogens with one attached hydrogen (secondary N) is 1. The van der Waals surface area contributed by atoms with Gasteiger partial charge in [-0.3, -0.25) is 0 Å². The Hall–Kier alpha value is -3.11. The lowest BCUT2D eigenvalue weighted by atomic mass is 10.0. The largest absolute Gasteiger partial charge is 0.343 e. The van der Waals surface area contributed by atoms with Crippen LogP contribution in [-0.2, 0) is 19.6 Å². The standard InChI is InChI=1S/C29H23Cl2FN2/c30-25-10-6-23(28(31)15-25)16-33-17-24-19-34(18-20-4-2-1-3-5-20)29-13-9-22(14-27(24)29)21-7-11-26(32)12-8-21/h1-15,19,33H,16-18H2. The minimum Gasteiger partial charge on any atom is -0.343 e. The molecule has 4 aromatic carbocycles. The minimum absolute atomic E-state index is 0.232. The van der Waals surface area contributed by atoms with Gasteiger partial charge in [0, 0.05) is 46.8 Å². The molecule has 2 nitrogen and oxygen atoms in total. The summed E-state index contributed by atoms with van der Waals surface area (Å²) >= 11 is 12.4. The van der Waals surface area contributed by atoms with Crippen LogP contribution < -0.4 is 5.32 Å². The van der Waals surface area contributed by atoms with Gasteiger partial charge >= 0.3 is 0 Å². The highest BCUT2D eigenvalue weighted by Crippen LogP contribution is 2.29. The van der Waals surface area contributed by atoms with Gasteiger partial charge in [-0.15, -0.1) is 0 Å². The Morgan fingerprint density at radius 1 is 0.735 bits per heavy atom. The van der Waals surface area contributed by atoms with Crippen molar-refractivity contribution in [3.8, 4) is 11.1 Å². The van der Waals surface area contributed by atoms with E-state index in [2.05, 4.69) is 58.5 Å². The number of hydrogen-bond donors (Lipinski definition) is 1. The van der Waals surface area contributed by atoms with Gasteiger partial charge in [-0.1, -0.05) is 77.8 Å². The molecule has 170 valence electrons. The molecule has 0 aliphatic heterocycles. The van der Waals surface area contributed by atoms with E-state index in [4.69, 9.17) is 23.2 Å². The number of aromatic nitrogens is 1. The van der Waals surface area contributed by atoms with Gasteiger partial charge in [0.1, 0.15) is 5.82 Å². The summed E-state index contributed by atoms with van der Waals surface area (Å²) in [6.45, 7) is 2.11. The predicted octanol–water partition coefficient (Wildman–Crippen LogP) is 8.09. The van der Waals surface area contributed by atoms with E-state index in [1.807, 2.05) is 30.3 Å². The van der Waals surface area contributed by atoms with Gasteiger partial charge in [0.25, 0.3) is 0 Å². The van der Waals surface area contributed by atoms with Crippen LogP contribution in [0, 0.1) is 5.82 Å². The van der Waals surface area contributed by atoms with Crippen molar-refractivity contribution >= 4 is 34.1 Å². The summed E-state index contributed by atoms with van der Waals surface area (Å²) in [6.07, 6.45) is 2.21. The van der Waals surface area contributed by atoms with Gasteiger partial charge < -0.3 is 9.88 Å². The first kappa shape index (κ1) is 22.7. The number of rotatable bonds is 7. The second-order valence-electron chi connectivity index (χ2n) is 8.35. The topological polar surface area (TPSA) is 17.0 Å². The number of nitrogens with zero attached hydrogens (tertiary/aromatic N) is 1. The maximum atomic E-state index is 13.4. The predicted molar refractivity (Wildman–Crippen MR) is 140 cm³/mol. The lowest BCUT2D eigenvalue weighted by Gasteiger charge is -2.08. The van der Waals surface area contributed by atoms with Crippen LogP contribution in [0.4, 0.5) is 4.39 Å². The maximum Gasteiger partial charge on any atom is 0.123 e. The van der Waals surface area contributed by atoms with E-state index in [-0.39, 0.29) is 5.82 Å². The molecule has 1 aromatic heterocycles. The Labute approximate surface area is 208 Å². The Balaban J connectivity index is 1.47. The summed E-state index contributed by atoms with van der Waals surface area (Å²) in [5.74, 6) is -0.232. The van der Waals surface area contributed by atoms with E-state index in [0.29, 0.717) is 23.1 Å². The number of hydrogen-bond acceptors (Lipinski definition) is 1. The highest BCUT2D eigenvalue weighted by molar-refractivity contribution is 6.35. The third-order valence-corrected chi connectivity index (χ3v) is 6.57. The van der Waals surface area contributed by atoms with Crippen molar-refractivity contribution < 1.29 is 4.39 Å². The third kappa shape index (κ3) is 5.02. The van der Waals surface area contributed by atoms with E-state index in [0.717, 1.165) is 28.8 Å². The summed E-state index contributed by atoms with van der Waals surface area (Å²) in [7, 11) is 0. The molecule has 0 bridgehead atoms. The summed E-state index contributed by atoms with van der Waals surface area (Å²) < 4.78 is 15.7. The smallest absolute Gasteiger partial charge is 0.123 e. The van der Waals surface area contributed by atoms with E-state index in [1.165, 1.54) is 28.6 Å². The number of fused-ring (bicyclic) bond motifs is 1. The average molecular weight is 489 g/mol. The van der Waals surface area contributed by atoms with Gasteiger partial charge in [0.05, 0.1) is 0 Å². The van der Waals surface area contributed by atoms with Gasteiger partial charge in [0.15, 0.2) is 0 Å². The molecule has 0 saturated carbocycles. The molecule has 34 heavy (non-hydrogen) atoms. The first-order chi connectivity index (χ1) is 16.6. The number of halogens is 3. The summed E-state index contributed by atoms with van der Waals surface area (Å²) in [5.41, 5.74) is 6.66. The molecule has 5 aromatic rings. The van der Waals surface area contributed by atoms with Gasteiger partial charge in [0.2, 0.25) is 0 Å². The monoisotopic (exact) mass is 488 g/mol. The van der Waals surface area contributed by atoms with E-state index in [9.17, 15) is 4.39 Å². The molecule has 0 aliphatic carbocycles. The molecule has 1 heterocycles.